The normalized spacial score (nSPS) is 25.8. The molecule has 0 spiro atoms. The first-order valence-electron chi connectivity index (χ1n) is 7.97. The Morgan fingerprint density at radius 1 is 1.18 bits per heavy atom. The molecule has 3 heteroatoms. The highest BCUT2D eigenvalue weighted by Gasteiger charge is 2.41. The van der Waals surface area contributed by atoms with Crippen molar-refractivity contribution in [1.29, 1.82) is 0 Å². The van der Waals surface area contributed by atoms with Gasteiger partial charge >= 0.3 is 0 Å². The van der Waals surface area contributed by atoms with E-state index in [1.807, 2.05) is 18.2 Å². The van der Waals surface area contributed by atoms with Crippen LogP contribution in [0.1, 0.15) is 12.0 Å². The van der Waals surface area contributed by atoms with Gasteiger partial charge in [0.1, 0.15) is 0 Å². The lowest BCUT2D eigenvalue weighted by Gasteiger charge is -2.34. The maximum absolute atomic E-state index is 12.6. The molecule has 2 unspecified atom stereocenters. The van der Waals surface area contributed by atoms with E-state index in [1.54, 1.807) is 0 Å². The second-order valence-electron chi connectivity index (χ2n) is 6.21. The lowest BCUT2D eigenvalue weighted by molar-refractivity contribution is -0.128. The molecule has 2 aliphatic heterocycles. The molecular weight excluding hydrogens is 272 g/mol. The van der Waals surface area contributed by atoms with E-state index in [1.165, 1.54) is 11.1 Å². The van der Waals surface area contributed by atoms with Crippen LogP contribution in [0.3, 0.4) is 0 Å². The Morgan fingerprint density at radius 2 is 2.05 bits per heavy atom. The third-order valence-corrected chi connectivity index (χ3v) is 4.80. The van der Waals surface area contributed by atoms with Gasteiger partial charge in [0.2, 0.25) is 0 Å². The third-order valence-electron chi connectivity index (χ3n) is 4.80. The fraction of sp³-hybridized carbons (Fsp3) is 0.316. The SMILES string of the molecule is O=C1C(CNCc2ccccc2)=CC2=CC=CC3CCN1C23. The monoisotopic (exact) mass is 292 g/mol. The molecule has 1 amide bonds. The van der Waals surface area contributed by atoms with Crippen molar-refractivity contribution in [3.63, 3.8) is 0 Å². The van der Waals surface area contributed by atoms with Crippen molar-refractivity contribution in [2.75, 3.05) is 13.1 Å². The van der Waals surface area contributed by atoms with E-state index in [2.05, 4.69) is 46.7 Å². The highest BCUT2D eigenvalue weighted by atomic mass is 16.2. The van der Waals surface area contributed by atoms with E-state index in [-0.39, 0.29) is 11.9 Å². The highest BCUT2D eigenvalue weighted by molar-refractivity contribution is 5.97. The Labute approximate surface area is 131 Å². The van der Waals surface area contributed by atoms with Crippen LogP contribution in [0.4, 0.5) is 0 Å². The second kappa shape index (κ2) is 5.58. The Morgan fingerprint density at radius 3 is 2.91 bits per heavy atom. The summed E-state index contributed by atoms with van der Waals surface area (Å²) in [5.41, 5.74) is 3.42. The van der Waals surface area contributed by atoms with Gasteiger partial charge in [-0.25, -0.2) is 0 Å². The van der Waals surface area contributed by atoms with E-state index < -0.39 is 0 Å². The Kier molecular flexibility index (Phi) is 3.43. The predicted molar refractivity (Wildman–Crippen MR) is 87.1 cm³/mol. The van der Waals surface area contributed by atoms with E-state index in [0.29, 0.717) is 12.5 Å². The van der Waals surface area contributed by atoms with Gasteiger partial charge in [-0.15, -0.1) is 0 Å². The van der Waals surface area contributed by atoms with Crippen molar-refractivity contribution in [3.8, 4) is 0 Å². The summed E-state index contributed by atoms with van der Waals surface area (Å²) in [6.45, 7) is 2.30. The second-order valence-corrected chi connectivity index (χ2v) is 6.21. The number of carbonyl (C=O) groups excluding carboxylic acids is 1. The van der Waals surface area contributed by atoms with Crippen LogP contribution in [0.2, 0.25) is 0 Å². The summed E-state index contributed by atoms with van der Waals surface area (Å²) in [7, 11) is 0. The van der Waals surface area contributed by atoms with Crippen molar-refractivity contribution in [3.05, 3.63) is 71.3 Å². The smallest absolute Gasteiger partial charge is 0.251 e. The number of nitrogens with one attached hydrogen (secondary N) is 1. The third kappa shape index (κ3) is 2.32. The van der Waals surface area contributed by atoms with Crippen molar-refractivity contribution >= 4 is 5.91 Å². The van der Waals surface area contributed by atoms with E-state index in [9.17, 15) is 4.79 Å². The minimum absolute atomic E-state index is 0.209. The summed E-state index contributed by atoms with van der Waals surface area (Å²) in [5.74, 6) is 0.722. The number of hydrogen-bond acceptors (Lipinski definition) is 2. The van der Waals surface area contributed by atoms with Crippen molar-refractivity contribution < 1.29 is 4.79 Å². The highest BCUT2D eigenvalue weighted by Crippen LogP contribution is 2.37. The summed E-state index contributed by atoms with van der Waals surface area (Å²) in [6, 6.07) is 10.6. The van der Waals surface area contributed by atoms with Crippen LogP contribution < -0.4 is 5.32 Å². The van der Waals surface area contributed by atoms with Gasteiger partial charge in [0, 0.05) is 31.1 Å². The number of benzene rings is 1. The molecule has 3 aliphatic rings. The van der Waals surface area contributed by atoms with Crippen LogP contribution >= 0.6 is 0 Å². The molecule has 3 nitrogen and oxygen atoms in total. The Hall–Kier alpha value is -2.13. The summed E-state index contributed by atoms with van der Waals surface area (Å²) in [5, 5.41) is 3.39. The largest absolute Gasteiger partial charge is 0.331 e. The molecule has 1 aliphatic carbocycles. The number of carbonyl (C=O) groups is 1. The van der Waals surface area contributed by atoms with Crippen molar-refractivity contribution in [2.45, 2.75) is 19.0 Å². The fourth-order valence-corrected chi connectivity index (χ4v) is 3.73. The quantitative estimate of drug-likeness (QED) is 0.924. The average molecular weight is 292 g/mol. The zero-order valence-electron chi connectivity index (χ0n) is 12.5. The predicted octanol–water partition coefficient (Wildman–Crippen LogP) is 2.43. The van der Waals surface area contributed by atoms with Crippen molar-refractivity contribution in [2.24, 2.45) is 5.92 Å². The maximum Gasteiger partial charge on any atom is 0.251 e. The molecule has 0 aromatic heterocycles. The first-order chi connectivity index (χ1) is 10.8. The molecule has 0 saturated carbocycles. The van der Waals surface area contributed by atoms with E-state index in [4.69, 9.17) is 0 Å². The van der Waals surface area contributed by atoms with Gasteiger partial charge in [0.05, 0.1) is 6.04 Å². The Balaban J connectivity index is 1.47. The molecular formula is C19H20N2O. The molecule has 0 radical (unpaired) electrons. The minimum Gasteiger partial charge on any atom is -0.331 e. The molecule has 1 N–H and O–H groups in total. The van der Waals surface area contributed by atoms with Crippen LogP contribution in [-0.2, 0) is 11.3 Å². The maximum atomic E-state index is 12.6. The van der Waals surface area contributed by atoms with Gasteiger partial charge < -0.3 is 10.2 Å². The van der Waals surface area contributed by atoms with Crippen LogP contribution in [-0.4, -0.2) is 29.9 Å². The summed E-state index contributed by atoms with van der Waals surface area (Å²) >= 11 is 0. The summed E-state index contributed by atoms with van der Waals surface area (Å²) in [6.07, 6.45) is 9.73. The van der Waals surface area contributed by atoms with Crippen LogP contribution in [0, 0.1) is 5.92 Å². The topological polar surface area (TPSA) is 32.3 Å². The molecule has 0 bridgehead atoms. The number of hydrogen-bond donors (Lipinski definition) is 1. The van der Waals surface area contributed by atoms with Crippen molar-refractivity contribution in [1.82, 2.24) is 10.2 Å². The number of nitrogens with zero attached hydrogens (tertiary/aromatic N) is 1. The van der Waals surface area contributed by atoms with Gasteiger partial charge in [-0.2, -0.15) is 0 Å². The first kappa shape index (κ1) is 13.5. The summed E-state index contributed by atoms with van der Waals surface area (Å²) < 4.78 is 0. The van der Waals surface area contributed by atoms with Gasteiger partial charge in [0.15, 0.2) is 0 Å². The molecule has 4 rings (SSSR count). The van der Waals surface area contributed by atoms with Gasteiger partial charge in [-0.3, -0.25) is 4.79 Å². The number of amides is 1. The molecule has 1 saturated heterocycles. The number of allylic oxidation sites excluding steroid dienone is 2. The number of rotatable bonds is 4. The van der Waals surface area contributed by atoms with Crippen LogP contribution in [0.25, 0.3) is 0 Å². The van der Waals surface area contributed by atoms with E-state index in [0.717, 1.165) is 25.1 Å². The van der Waals surface area contributed by atoms with Crippen LogP contribution in [0.15, 0.2) is 65.8 Å². The molecule has 22 heavy (non-hydrogen) atoms. The average Bonchev–Trinajstić information content (AvgIpc) is 2.99. The fourth-order valence-electron chi connectivity index (χ4n) is 3.73. The molecule has 1 fully saturated rings. The molecule has 1 aromatic rings. The lowest BCUT2D eigenvalue weighted by Crippen LogP contribution is -2.44. The standard InChI is InChI=1S/C19H20N2O/c22-19-17(13-20-12-14-5-2-1-3-6-14)11-16-8-4-7-15-9-10-21(19)18(15)16/h1-8,11,15,18,20H,9-10,12-13H2. The summed E-state index contributed by atoms with van der Waals surface area (Å²) in [4.78, 5) is 14.7. The molecule has 1 aromatic carbocycles. The van der Waals surface area contributed by atoms with E-state index >= 15 is 0 Å². The zero-order chi connectivity index (χ0) is 14.9. The van der Waals surface area contributed by atoms with Crippen LogP contribution in [0.5, 0.6) is 0 Å². The minimum atomic E-state index is 0.209. The van der Waals surface area contributed by atoms with Gasteiger partial charge in [-0.1, -0.05) is 48.6 Å². The molecule has 2 heterocycles. The van der Waals surface area contributed by atoms with Gasteiger partial charge in [0.25, 0.3) is 5.91 Å². The molecule has 2 atom stereocenters. The zero-order valence-corrected chi connectivity index (χ0v) is 12.5. The van der Waals surface area contributed by atoms with Gasteiger partial charge in [-0.05, 0) is 23.6 Å². The first-order valence-corrected chi connectivity index (χ1v) is 7.97. The lowest BCUT2D eigenvalue weighted by atomic mass is 9.86. The Bertz CT molecular complexity index is 672. The molecule has 112 valence electrons.